The van der Waals surface area contributed by atoms with Crippen LogP contribution < -0.4 is 11.1 Å². The van der Waals surface area contributed by atoms with E-state index in [4.69, 9.17) is 5.73 Å². The summed E-state index contributed by atoms with van der Waals surface area (Å²) in [6.45, 7) is 4.53. The highest BCUT2D eigenvalue weighted by atomic mass is 16.1. The Hall–Kier alpha value is -2.89. The summed E-state index contributed by atoms with van der Waals surface area (Å²) in [7, 11) is 0. The van der Waals surface area contributed by atoms with Crippen LogP contribution in [0.1, 0.15) is 43.5 Å². The maximum absolute atomic E-state index is 12.0. The van der Waals surface area contributed by atoms with Crippen molar-refractivity contribution in [3.63, 3.8) is 0 Å². The molecule has 0 radical (unpaired) electrons. The lowest BCUT2D eigenvalue weighted by Crippen LogP contribution is -2.32. The maximum Gasteiger partial charge on any atom is 0.252 e. The molecule has 1 saturated carbocycles. The monoisotopic (exact) mass is 349 g/mol. The molecule has 1 aliphatic carbocycles. The number of nitrogens with two attached hydrogens (primary N) is 1. The minimum Gasteiger partial charge on any atom is -0.379 e. The largest absolute Gasteiger partial charge is 0.379 e. The molecule has 3 heterocycles. The molecule has 1 fully saturated rings. The average Bonchev–Trinajstić information content (AvgIpc) is 3.19. The van der Waals surface area contributed by atoms with Gasteiger partial charge in [-0.3, -0.25) is 9.78 Å². The first-order valence-electron chi connectivity index (χ1n) is 8.94. The van der Waals surface area contributed by atoms with Gasteiger partial charge in [0.2, 0.25) is 0 Å². The summed E-state index contributed by atoms with van der Waals surface area (Å²) < 4.78 is 1.80. The number of hydrogen-bond donors (Lipinski definition) is 2. The topological polar surface area (TPSA) is 85.3 Å². The summed E-state index contributed by atoms with van der Waals surface area (Å²) >= 11 is 0. The van der Waals surface area contributed by atoms with Crippen molar-refractivity contribution in [3.05, 3.63) is 48.5 Å². The summed E-state index contributed by atoms with van der Waals surface area (Å²) in [5, 5.41) is 8.00. The smallest absolute Gasteiger partial charge is 0.252 e. The normalized spacial score (nSPS) is 18.9. The molecular weight excluding hydrogens is 326 g/mol. The molecule has 1 atom stereocenters. The van der Waals surface area contributed by atoms with Crippen LogP contribution in [0.5, 0.6) is 0 Å². The fourth-order valence-corrected chi connectivity index (χ4v) is 3.87. The van der Waals surface area contributed by atoms with E-state index in [1.165, 1.54) is 12.8 Å². The highest BCUT2D eigenvalue weighted by Crippen LogP contribution is 2.40. The van der Waals surface area contributed by atoms with E-state index in [0.717, 1.165) is 28.8 Å². The number of carbonyl (C=O) groups excluding carboxylic acids is 1. The number of amides is 1. The Balaban J connectivity index is 1.84. The second-order valence-corrected chi connectivity index (χ2v) is 7.67. The minimum atomic E-state index is -0.468. The molecular formula is C20H23N5O. The van der Waals surface area contributed by atoms with E-state index in [2.05, 4.69) is 29.2 Å². The molecule has 4 rings (SSSR count). The van der Waals surface area contributed by atoms with Crippen LogP contribution in [-0.2, 0) is 0 Å². The van der Waals surface area contributed by atoms with Crippen molar-refractivity contribution in [1.82, 2.24) is 14.6 Å². The summed E-state index contributed by atoms with van der Waals surface area (Å²) in [6, 6.07) is 6.25. The Morgan fingerprint density at radius 3 is 2.73 bits per heavy atom. The van der Waals surface area contributed by atoms with E-state index in [9.17, 15) is 4.79 Å². The number of primary amides is 1. The first-order valence-corrected chi connectivity index (χ1v) is 8.94. The number of hydrogen-bond acceptors (Lipinski definition) is 4. The van der Waals surface area contributed by atoms with E-state index in [0.29, 0.717) is 11.6 Å². The Morgan fingerprint density at radius 2 is 2.08 bits per heavy atom. The first-order chi connectivity index (χ1) is 12.5. The number of fused-ring (bicyclic) bond motifs is 1. The predicted octanol–water partition coefficient (Wildman–Crippen LogP) is 3.49. The van der Waals surface area contributed by atoms with Crippen molar-refractivity contribution < 1.29 is 4.79 Å². The molecule has 1 amide bonds. The van der Waals surface area contributed by atoms with Crippen molar-refractivity contribution in [2.24, 2.45) is 11.1 Å². The van der Waals surface area contributed by atoms with Gasteiger partial charge in [-0.2, -0.15) is 5.10 Å². The third-order valence-electron chi connectivity index (χ3n) is 5.49. The van der Waals surface area contributed by atoms with Crippen molar-refractivity contribution in [3.8, 4) is 11.1 Å². The third kappa shape index (κ3) is 2.81. The zero-order chi connectivity index (χ0) is 18.3. The van der Waals surface area contributed by atoms with Gasteiger partial charge in [-0.25, -0.2) is 4.52 Å². The number of pyridine rings is 1. The SMILES string of the molecule is CC1(C)CCCC1Nc1c(C(N)=O)cnn2cc(-c3ccncc3)cc12. The number of nitrogens with zero attached hydrogens (tertiary/aromatic N) is 3. The first kappa shape index (κ1) is 16.6. The van der Waals surface area contributed by atoms with Crippen LogP contribution in [-0.4, -0.2) is 26.5 Å². The van der Waals surface area contributed by atoms with Gasteiger partial charge in [0.25, 0.3) is 5.91 Å². The number of nitrogens with one attached hydrogen (secondary N) is 1. The second-order valence-electron chi connectivity index (χ2n) is 7.67. The Bertz CT molecular complexity index is 961. The van der Waals surface area contributed by atoms with Gasteiger partial charge in [0.15, 0.2) is 0 Å². The van der Waals surface area contributed by atoms with Crippen LogP contribution in [0.4, 0.5) is 5.69 Å². The molecule has 6 heteroatoms. The lowest BCUT2D eigenvalue weighted by Gasteiger charge is -2.29. The Morgan fingerprint density at radius 1 is 1.31 bits per heavy atom. The van der Waals surface area contributed by atoms with Crippen LogP contribution >= 0.6 is 0 Å². The van der Waals surface area contributed by atoms with Gasteiger partial charge in [-0.15, -0.1) is 0 Å². The van der Waals surface area contributed by atoms with Crippen molar-refractivity contribution in [2.45, 2.75) is 39.2 Å². The van der Waals surface area contributed by atoms with E-state index in [1.54, 1.807) is 23.1 Å². The van der Waals surface area contributed by atoms with E-state index >= 15 is 0 Å². The maximum atomic E-state index is 12.0. The fraction of sp³-hybridized carbons (Fsp3) is 0.350. The molecule has 3 aromatic heterocycles. The van der Waals surface area contributed by atoms with Gasteiger partial charge in [-0.05, 0) is 42.0 Å². The van der Waals surface area contributed by atoms with Crippen LogP contribution in [0.2, 0.25) is 0 Å². The summed E-state index contributed by atoms with van der Waals surface area (Å²) in [5.41, 5.74) is 9.94. The molecule has 0 saturated heterocycles. The average molecular weight is 349 g/mol. The highest BCUT2D eigenvalue weighted by Gasteiger charge is 2.35. The molecule has 26 heavy (non-hydrogen) atoms. The lowest BCUT2D eigenvalue weighted by atomic mass is 9.87. The Labute approximate surface area is 152 Å². The summed E-state index contributed by atoms with van der Waals surface area (Å²) in [6.07, 6.45) is 10.5. The number of anilines is 1. The van der Waals surface area contributed by atoms with Crippen molar-refractivity contribution in [2.75, 3.05) is 5.32 Å². The zero-order valence-electron chi connectivity index (χ0n) is 15.1. The number of rotatable bonds is 4. The van der Waals surface area contributed by atoms with Gasteiger partial charge in [-0.1, -0.05) is 20.3 Å². The Kier molecular flexibility index (Phi) is 3.90. The molecule has 0 aromatic carbocycles. The van der Waals surface area contributed by atoms with Gasteiger partial charge in [0.05, 0.1) is 23.0 Å². The third-order valence-corrected chi connectivity index (χ3v) is 5.49. The van der Waals surface area contributed by atoms with Crippen LogP contribution in [0.25, 0.3) is 16.6 Å². The number of aromatic nitrogens is 3. The molecule has 1 unspecified atom stereocenters. The van der Waals surface area contributed by atoms with E-state index in [-0.39, 0.29) is 5.41 Å². The quantitative estimate of drug-likeness (QED) is 0.755. The summed E-state index contributed by atoms with van der Waals surface area (Å²) in [5.74, 6) is -0.468. The lowest BCUT2D eigenvalue weighted by molar-refractivity contribution is 0.100. The van der Waals surface area contributed by atoms with Gasteiger partial charge >= 0.3 is 0 Å². The molecule has 1 aliphatic rings. The number of carbonyl (C=O) groups is 1. The van der Waals surface area contributed by atoms with Gasteiger partial charge in [0.1, 0.15) is 0 Å². The second kappa shape index (κ2) is 6.12. The van der Waals surface area contributed by atoms with Crippen molar-refractivity contribution in [1.29, 1.82) is 0 Å². The van der Waals surface area contributed by atoms with Gasteiger partial charge in [0, 0.05) is 30.2 Å². The summed E-state index contributed by atoms with van der Waals surface area (Å²) in [4.78, 5) is 16.1. The van der Waals surface area contributed by atoms with Crippen LogP contribution in [0.15, 0.2) is 43.0 Å². The van der Waals surface area contributed by atoms with Gasteiger partial charge < -0.3 is 11.1 Å². The van der Waals surface area contributed by atoms with Crippen molar-refractivity contribution >= 4 is 17.1 Å². The zero-order valence-corrected chi connectivity index (χ0v) is 15.1. The van der Waals surface area contributed by atoms with Crippen LogP contribution in [0, 0.1) is 5.41 Å². The van der Waals surface area contributed by atoms with Crippen LogP contribution in [0.3, 0.4) is 0 Å². The molecule has 0 spiro atoms. The fourth-order valence-electron chi connectivity index (χ4n) is 3.87. The standard InChI is InChI=1S/C20H23N5O/c1-20(2)7-3-4-17(20)24-18-15(19(21)26)11-23-25-12-14(10-16(18)25)13-5-8-22-9-6-13/h5-6,8-12,17,24H,3-4,7H2,1-2H3,(H2,21,26). The van der Waals surface area contributed by atoms with E-state index in [1.807, 2.05) is 24.4 Å². The molecule has 0 aliphatic heterocycles. The predicted molar refractivity (Wildman–Crippen MR) is 102 cm³/mol. The molecule has 134 valence electrons. The molecule has 3 N–H and O–H groups in total. The highest BCUT2D eigenvalue weighted by molar-refractivity contribution is 6.02. The molecule has 3 aromatic rings. The minimum absolute atomic E-state index is 0.176. The molecule has 6 nitrogen and oxygen atoms in total. The molecule has 0 bridgehead atoms. The van der Waals surface area contributed by atoms with E-state index < -0.39 is 5.91 Å².